The molecule has 0 aromatic carbocycles. The molecule has 7 heavy (non-hydrogen) atoms. The van der Waals surface area contributed by atoms with Gasteiger partial charge in [0.15, 0.2) is 0 Å². The van der Waals surface area contributed by atoms with Crippen LogP contribution < -0.4 is 5.90 Å². The molecule has 4 heteroatoms. The highest BCUT2D eigenvalue weighted by Crippen LogP contribution is 1.95. The Morgan fingerprint density at radius 1 is 2.00 bits per heavy atom. The zero-order valence-corrected chi connectivity index (χ0v) is 3.55. The Hall–Kier alpha value is -0.900. The lowest BCUT2D eigenvalue weighted by molar-refractivity contribution is -0.135. The highest BCUT2D eigenvalue weighted by molar-refractivity contribution is 6.42. The van der Waals surface area contributed by atoms with E-state index >= 15 is 0 Å². The number of hydrogen-bond acceptors (Lipinski definition) is 4. The van der Waals surface area contributed by atoms with Crippen LogP contribution in [0.2, 0.25) is 0 Å². The number of rotatable bonds is 1. The number of carbonyl (C=O) groups excluding carboxylic acids is 1. The van der Waals surface area contributed by atoms with Crippen LogP contribution in [0.4, 0.5) is 0 Å². The average Bonchev–Trinajstić information content (AvgIpc) is 2.44. The minimum atomic E-state index is -0.514. The number of carbonyl (C=O) groups is 1. The summed E-state index contributed by atoms with van der Waals surface area (Å²) in [5.74, 6) is 3.97. The SMILES string of the molecule is NOC(=O)C1=NC1. The first kappa shape index (κ1) is 4.26. The van der Waals surface area contributed by atoms with Gasteiger partial charge in [-0.25, -0.2) is 4.79 Å². The Morgan fingerprint density at radius 3 is 2.71 bits per heavy atom. The normalized spacial score (nSPS) is 15.3. The largest absolute Gasteiger partial charge is 0.372 e. The maximum absolute atomic E-state index is 10.1. The molecule has 0 unspecified atom stereocenters. The average molecular weight is 100 g/mol. The third kappa shape index (κ3) is 0.747. The van der Waals surface area contributed by atoms with E-state index in [2.05, 4.69) is 15.7 Å². The highest BCUT2D eigenvalue weighted by Gasteiger charge is 2.19. The predicted molar refractivity (Wildman–Crippen MR) is 22.6 cm³/mol. The second-order valence-electron chi connectivity index (χ2n) is 1.17. The van der Waals surface area contributed by atoms with Crippen molar-refractivity contribution in [1.29, 1.82) is 0 Å². The molecule has 0 fully saturated rings. The predicted octanol–water partition coefficient (Wildman–Crippen LogP) is -1.14. The van der Waals surface area contributed by atoms with E-state index in [0.717, 1.165) is 0 Å². The minimum Gasteiger partial charge on any atom is -0.369 e. The lowest BCUT2D eigenvalue weighted by atomic mass is 10.5. The molecule has 1 heterocycles. The molecule has 38 valence electrons. The summed E-state index contributed by atoms with van der Waals surface area (Å²) in [4.78, 5) is 17.4. The number of aliphatic imine (C=N–C) groups is 1. The van der Waals surface area contributed by atoms with Gasteiger partial charge in [-0.15, -0.1) is 0 Å². The molecule has 0 aromatic heterocycles. The minimum absolute atomic E-state index is 0.433. The fourth-order valence-electron chi connectivity index (χ4n) is 0.237. The first-order valence-corrected chi connectivity index (χ1v) is 1.79. The molecule has 0 saturated heterocycles. The molecule has 0 bridgehead atoms. The van der Waals surface area contributed by atoms with Gasteiger partial charge in [-0.2, -0.15) is 5.90 Å². The van der Waals surface area contributed by atoms with Crippen LogP contribution >= 0.6 is 0 Å². The standard InChI is InChI=1S/C3H4N2O2/c4-7-3(6)2-1-5-2/h1,4H2. The lowest BCUT2D eigenvalue weighted by Crippen LogP contribution is -2.14. The van der Waals surface area contributed by atoms with E-state index in [1.807, 2.05) is 0 Å². The van der Waals surface area contributed by atoms with Crippen molar-refractivity contribution >= 4 is 11.7 Å². The summed E-state index contributed by atoms with van der Waals surface area (Å²) in [6.07, 6.45) is 0. The third-order valence-electron chi connectivity index (χ3n) is 0.659. The van der Waals surface area contributed by atoms with Crippen LogP contribution in [0.5, 0.6) is 0 Å². The van der Waals surface area contributed by atoms with Crippen molar-refractivity contribution in [2.45, 2.75) is 0 Å². The van der Waals surface area contributed by atoms with Crippen molar-refractivity contribution in [3.63, 3.8) is 0 Å². The quantitative estimate of drug-likeness (QED) is 0.423. The van der Waals surface area contributed by atoms with E-state index in [1.54, 1.807) is 0 Å². The molecule has 0 aromatic rings. The van der Waals surface area contributed by atoms with Crippen LogP contribution in [-0.4, -0.2) is 18.2 Å². The molecule has 2 N–H and O–H groups in total. The Kier molecular flexibility index (Phi) is 0.796. The van der Waals surface area contributed by atoms with Gasteiger partial charge in [0.2, 0.25) is 0 Å². The van der Waals surface area contributed by atoms with E-state index in [0.29, 0.717) is 12.3 Å². The molecular formula is C3H4N2O2. The molecular weight excluding hydrogens is 96.0 g/mol. The maximum Gasteiger partial charge on any atom is 0.372 e. The van der Waals surface area contributed by atoms with Crippen LogP contribution in [0.15, 0.2) is 4.99 Å². The van der Waals surface area contributed by atoms with Gasteiger partial charge in [0.1, 0.15) is 5.71 Å². The smallest absolute Gasteiger partial charge is 0.369 e. The Labute approximate surface area is 39.9 Å². The number of nitrogens with two attached hydrogens (primary N) is 1. The molecule has 0 saturated carbocycles. The molecule has 1 aliphatic rings. The fourth-order valence-corrected chi connectivity index (χ4v) is 0.237. The van der Waals surface area contributed by atoms with Crippen LogP contribution in [0.3, 0.4) is 0 Å². The Balaban J connectivity index is 2.39. The van der Waals surface area contributed by atoms with Crippen molar-refractivity contribution in [1.82, 2.24) is 0 Å². The van der Waals surface area contributed by atoms with E-state index in [1.165, 1.54) is 0 Å². The topological polar surface area (TPSA) is 64.7 Å². The summed E-state index contributed by atoms with van der Waals surface area (Å²) < 4.78 is 0. The Bertz CT molecular complexity index is 129. The van der Waals surface area contributed by atoms with E-state index in [4.69, 9.17) is 0 Å². The molecule has 1 rings (SSSR count). The molecule has 1 aliphatic heterocycles. The maximum atomic E-state index is 10.1. The van der Waals surface area contributed by atoms with E-state index < -0.39 is 5.97 Å². The second kappa shape index (κ2) is 1.31. The van der Waals surface area contributed by atoms with Gasteiger partial charge in [0.25, 0.3) is 0 Å². The summed E-state index contributed by atoms with van der Waals surface area (Å²) >= 11 is 0. The van der Waals surface area contributed by atoms with Crippen LogP contribution in [0.25, 0.3) is 0 Å². The third-order valence-corrected chi connectivity index (χ3v) is 0.659. The highest BCUT2D eigenvalue weighted by atomic mass is 16.7. The van der Waals surface area contributed by atoms with Crippen LogP contribution in [-0.2, 0) is 9.63 Å². The summed E-state index contributed by atoms with van der Waals surface area (Å²) in [5.41, 5.74) is 0.433. The number of nitrogens with zero attached hydrogens (tertiary/aromatic N) is 1. The first-order chi connectivity index (χ1) is 3.34. The van der Waals surface area contributed by atoms with E-state index in [9.17, 15) is 4.79 Å². The van der Waals surface area contributed by atoms with E-state index in [-0.39, 0.29) is 0 Å². The van der Waals surface area contributed by atoms with Crippen LogP contribution in [0, 0.1) is 0 Å². The summed E-state index contributed by atoms with van der Waals surface area (Å²) in [7, 11) is 0. The second-order valence-corrected chi connectivity index (χ2v) is 1.17. The summed E-state index contributed by atoms with van der Waals surface area (Å²) in [6.45, 7) is 0.496. The molecule has 0 radical (unpaired) electrons. The Morgan fingerprint density at radius 2 is 2.57 bits per heavy atom. The molecule has 0 atom stereocenters. The van der Waals surface area contributed by atoms with Gasteiger partial charge >= 0.3 is 5.97 Å². The van der Waals surface area contributed by atoms with Gasteiger partial charge in [0.05, 0.1) is 6.54 Å². The van der Waals surface area contributed by atoms with Crippen molar-refractivity contribution in [2.24, 2.45) is 10.9 Å². The lowest BCUT2D eigenvalue weighted by Gasteiger charge is -1.82. The molecule has 0 aliphatic carbocycles. The van der Waals surface area contributed by atoms with Crippen molar-refractivity contribution in [3.8, 4) is 0 Å². The summed E-state index contributed by atoms with van der Waals surface area (Å²) in [6, 6.07) is 0. The van der Waals surface area contributed by atoms with Gasteiger partial charge in [-0.1, -0.05) is 0 Å². The van der Waals surface area contributed by atoms with Crippen LogP contribution in [0.1, 0.15) is 0 Å². The van der Waals surface area contributed by atoms with Gasteiger partial charge in [-0.3, -0.25) is 4.99 Å². The first-order valence-electron chi connectivity index (χ1n) is 1.79. The van der Waals surface area contributed by atoms with Gasteiger partial charge < -0.3 is 4.84 Å². The fraction of sp³-hybridized carbons (Fsp3) is 0.333. The van der Waals surface area contributed by atoms with Gasteiger partial charge in [-0.05, 0) is 0 Å². The molecule has 0 amide bonds. The zero-order valence-electron chi connectivity index (χ0n) is 3.55. The zero-order chi connectivity index (χ0) is 5.28. The number of hydrogen-bond donors (Lipinski definition) is 1. The molecule has 0 spiro atoms. The van der Waals surface area contributed by atoms with Crippen molar-refractivity contribution in [2.75, 3.05) is 6.54 Å². The van der Waals surface area contributed by atoms with Crippen molar-refractivity contribution < 1.29 is 9.63 Å². The monoisotopic (exact) mass is 100 g/mol. The molecule has 4 nitrogen and oxygen atoms in total. The summed E-state index contributed by atoms with van der Waals surface area (Å²) in [5, 5.41) is 0. The van der Waals surface area contributed by atoms with Gasteiger partial charge in [0, 0.05) is 0 Å². The van der Waals surface area contributed by atoms with Crippen molar-refractivity contribution in [3.05, 3.63) is 0 Å².